The second-order valence-electron chi connectivity index (χ2n) is 2.23. The van der Waals surface area contributed by atoms with E-state index >= 15 is 0 Å². The van der Waals surface area contributed by atoms with Gasteiger partial charge in [-0.3, -0.25) is 9.11 Å². The molecular formula is C4H9ClFNO2S. The second kappa shape index (κ2) is 2.83. The summed E-state index contributed by atoms with van der Waals surface area (Å²) in [6.07, 6.45) is -0.632. The molecule has 1 rings (SSSR count). The topological polar surface area (TPSA) is 43.7 Å². The highest BCUT2D eigenvalue weighted by atomic mass is 35.7. The van der Waals surface area contributed by atoms with Crippen molar-refractivity contribution < 1.29 is 13.5 Å². The van der Waals surface area contributed by atoms with Crippen molar-refractivity contribution in [2.75, 3.05) is 13.1 Å². The molecule has 0 aromatic rings. The van der Waals surface area contributed by atoms with Crippen molar-refractivity contribution in [1.29, 1.82) is 0 Å². The van der Waals surface area contributed by atoms with Crippen LogP contribution in [-0.2, 0) is 0 Å². The first-order chi connectivity index (χ1) is 4.50. The van der Waals surface area contributed by atoms with E-state index < -0.39 is 16.2 Å². The molecule has 1 saturated heterocycles. The van der Waals surface area contributed by atoms with Gasteiger partial charge >= 0.3 is 0 Å². The van der Waals surface area contributed by atoms with Gasteiger partial charge in [0.1, 0.15) is 6.17 Å². The van der Waals surface area contributed by atoms with Crippen LogP contribution >= 0.6 is 20.7 Å². The van der Waals surface area contributed by atoms with Gasteiger partial charge in [-0.2, -0.15) is 4.31 Å². The summed E-state index contributed by atoms with van der Waals surface area (Å²) in [5.41, 5.74) is 0. The van der Waals surface area contributed by atoms with Crippen LogP contribution in [0, 0.1) is 0 Å². The Bertz CT molecular complexity index is 131. The fraction of sp³-hybridized carbons (Fsp3) is 1.00. The highest BCUT2D eigenvalue weighted by molar-refractivity contribution is 8.41. The Labute approximate surface area is 64.8 Å². The standard InChI is InChI=1S/C4H9ClFNO2S/c5-10(8,9)7-2-1-4(6)3-7/h4,8-9H,1-3H2. The Morgan fingerprint density at radius 3 is 2.40 bits per heavy atom. The van der Waals surface area contributed by atoms with Gasteiger partial charge in [-0.15, -0.1) is 0 Å². The van der Waals surface area contributed by atoms with Gasteiger partial charge in [-0.1, -0.05) is 9.99 Å². The number of hydrogen-bond donors (Lipinski definition) is 2. The molecule has 1 fully saturated rings. The number of rotatable bonds is 1. The molecule has 0 amide bonds. The summed E-state index contributed by atoms with van der Waals surface area (Å²) in [5, 5.41) is 0. The first-order valence-corrected chi connectivity index (χ1v) is 5.20. The van der Waals surface area contributed by atoms with Gasteiger partial charge in [0.05, 0.1) is 6.54 Å². The van der Waals surface area contributed by atoms with Gasteiger partial charge in [0.15, 0.2) is 0 Å². The molecular weight excluding hydrogens is 181 g/mol. The van der Waals surface area contributed by atoms with Gasteiger partial charge in [0.25, 0.3) is 0 Å². The maximum absolute atomic E-state index is 12.4. The first kappa shape index (κ1) is 8.55. The maximum Gasteiger partial charge on any atom is 0.116 e. The zero-order valence-corrected chi connectivity index (χ0v) is 6.78. The van der Waals surface area contributed by atoms with Crippen molar-refractivity contribution in [2.45, 2.75) is 12.6 Å². The predicted octanol–water partition coefficient (Wildman–Crippen LogP) is 1.85. The minimum atomic E-state index is -3.17. The summed E-state index contributed by atoms with van der Waals surface area (Å²) in [4.78, 5) is 0. The minimum Gasteiger partial charge on any atom is -0.272 e. The third-order valence-corrected chi connectivity index (χ3v) is 3.00. The Morgan fingerprint density at radius 2 is 2.20 bits per heavy atom. The largest absolute Gasteiger partial charge is 0.272 e. The number of hydrogen-bond acceptors (Lipinski definition) is 3. The van der Waals surface area contributed by atoms with E-state index in [-0.39, 0.29) is 6.54 Å². The molecule has 0 spiro atoms. The van der Waals surface area contributed by atoms with Crippen LogP contribution in [0.1, 0.15) is 6.42 Å². The maximum atomic E-state index is 12.4. The lowest BCUT2D eigenvalue weighted by Gasteiger charge is -2.32. The van der Waals surface area contributed by atoms with Crippen molar-refractivity contribution in [3.05, 3.63) is 0 Å². The Hall–Kier alpha value is 0.450. The van der Waals surface area contributed by atoms with E-state index in [2.05, 4.69) is 0 Å². The molecule has 6 heteroatoms. The molecule has 3 nitrogen and oxygen atoms in total. The van der Waals surface area contributed by atoms with E-state index in [1.807, 2.05) is 0 Å². The molecule has 1 aliphatic heterocycles. The van der Waals surface area contributed by atoms with Crippen LogP contribution in [0.2, 0.25) is 0 Å². The molecule has 0 aromatic heterocycles. The number of nitrogens with zero attached hydrogens (tertiary/aromatic N) is 1. The molecule has 1 aliphatic rings. The van der Waals surface area contributed by atoms with Crippen LogP contribution < -0.4 is 0 Å². The quantitative estimate of drug-likeness (QED) is 0.662. The normalized spacial score (nSPS) is 31.0. The lowest BCUT2D eigenvalue weighted by atomic mass is 10.4. The van der Waals surface area contributed by atoms with Crippen molar-refractivity contribution in [2.24, 2.45) is 0 Å². The van der Waals surface area contributed by atoms with Gasteiger partial charge in [0, 0.05) is 17.2 Å². The monoisotopic (exact) mass is 189 g/mol. The molecule has 2 N–H and O–H groups in total. The average molecular weight is 190 g/mol. The highest BCUT2D eigenvalue weighted by Gasteiger charge is 2.30. The summed E-state index contributed by atoms with van der Waals surface area (Å²) in [5.74, 6) is 0. The van der Waals surface area contributed by atoms with E-state index in [9.17, 15) is 4.39 Å². The van der Waals surface area contributed by atoms with Gasteiger partial charge in [-0.05, 0) is 6.42 Å². The van der Waals surface area contributed by atoms with Gasteiger partial charge < -0.3 is 0 Å². The highest BCUT2D eigenvalue weighted by Crippen LogP contribution is 2.49. The lowest BCUT2D eigenvalue weighted by molar-refractivity contribution is 0.333. The van der Waals surface area contributed by atoms with E-state index in [1.54, 1.807) is 0 Å². The molecule has 0 saturated carbocycles. The molecule has 1 atom stereocenters. The van der Waals surface area contributed by atoms with Crippen molar-refractivity contribution in [1.82, 2.24) is 4.31 Å². The van der Waals surface area contributed by atoms with Crippen LogP contribution in [0.4, 0.5) is 4.39 Å². The summed E-state index contributed by atoms with van der Waals surface area (Å²) in [7, 11) is 1.99. The van der Waals surface area contributed by atoms with Gasteiger partial charge in [-0.25, -0.2) is 4.39 Å². The summed E-state index contributed by atoms with van der Waals surface area (Å²) in [6.45, 7) is 0.360. The summed E-state index contributed by atoms with van der Waals surface area (Å²) >= 11 is 0. The van der Waals surface area contributed by atoms with Crippen LogP contribution in [0.5, 0.6) is 0 Å². The Balaban J connectivity index is 2.45. The molecule has 0 bridgehead atoms. The van der Waals surface area contributed by atoms with Crippen molar-refractivity contribution >= 4 is 20.7 Å². The van der Waals surface area contributed by atoms with E-state index in [0.29, 0.717) is 13.0 Å². The van der Waals surface area contributed by atoms with Gasteiger partial charge in [0.2, 0.25) is 0 Å². The van der Waals surface area contributed by atoms with E-state index in [4.69, 9.17) is 19.8 Å². The van der Waals surface area contributed by atoms with Crippen LogP contribution in [-0.4, -0.2) is 32.7 Å². The Morgan fingerprint density at radius 1 is 1.60 bits per heavy atom. The van der Waals surface area contributed by atoms with Crippen molar-refractivity contribution in [3.63, 3.8) is 0 Å². The van der Waals surface area contributed by atoms with E-state index in [1.165, 1.54) is 0 Å². The lowest BCUT2D eigenvalue weighted by Crippen LogP contribution is -2.21. The van der Waals surface area contributed by atoms with Crippen LogP contribution in [0.25, 0.3) is 0 Å². The van der Waals surface area contributed by atoms with Crippen molar-refractivity contribution in [3.8, 4) is 0 Å². The smallest absolute Gasteiger partial charge is 0.116 e. The molecule has 0 aromatic carbocycles. The van der Waals surface area contributed by atoms with Crippen LogP contribution in [0.15, 0.2) is 0 Å². The molecule has 1 heterocycles. The number of halogens is 2. The fourth-order valence-corrected chi connectivity index (χ4v) is 1.96. The fourth-order valence-electron chi connectivity index (χ4n) is 0.899. The third kappa shape index (κ3) is 1.96. The zero-order chi connectivity index (χ0) is 7.78. The minimum absolute atomic E-state index is 0.0336. The second-order valence-corrected chi connectivity index (χ2v) is 4.89. The Kier molecular flexibility index (Phi) is 2.42. The predicted molar refractivity (Wildman–Crippen MR) is 39.8 cm³/mol. The molecule has 1 unspecified atom stereocenters. The average Bonchev–Trinajstić information content (AvgIpc) is 2.11. The summed E-state index contributed by atoms with van der Waals surface area (Å²) in [6, 6.07) is 0. The molecule has 10 heavy (non-hydrogen) atoms. The molecule has 0 aliphatic carbocycles. The molecule has 62 valence electrons. The third-order valence-electron chi connectivity index (χ3n) is 1.42. The van der Waals surface area contributed by atoms with Crippen LogP contribution in [0.3, 0.4) is 0 Å². The molecule has 0 radical (unpaired) electrons. The zero-order valence-electron chi connectivity index (χ0n) is 5.20. The SMILES string of the molecule is OS(O)(Cl)N1CCC(F)C1. The summed E-state index contributed by atoms with van der Waals surface area (Å²) < 4.78 is 31.1. The first-order valence-electron chi connectivity index (χ1n) is 2.87. The number of alkyl halides is 1. The van der Waals surface area contributed by atoms with E-state index in [0.717, 1.165) is 4.31 Å².